The summed E-state index contributed by atoms with van der Waals surface area (Å²) in [4.78, 5) is 38.5. The molecule has 5 rings (SSSR count). The van der Waals surface area contributed by atoms with Gasteiger partial charge in [-0.15, -0.1) is 0 Å². The predicted octanol–water partition coefficient (Wildman–Crippen LogP) is 4.59. The Bertz CT molecular complexity index is 1200. The minimum atomic E-state index is 0.0193. The highest BCUT2D eigenvalue weighted by molar-refractivity contribution is 6.00. The second-order valence-electron chi connectivity index (χ2n) is 9.14. The molecule has 1 saturated heterocycles. The maximum absolute atomic E-state index is 12.8. The third kappa shape index (κ3) is 4.13. The molecule has 0 atom stereocenters. The number of hydrogen-bond donors (Lipinski definition) is 0. The Morgan fingerprint density at radius 2 is 1.76 bits per heavy atom. The third-order valence-corrected chi connectivity index (χ3v) is 6.50. The predicted molar refractivity (Wildman–Crippen MR) is 128 cm³/mol. The first kappa shape index (κ1) is 21.3. The first-order valence-electron chi connectivity index (χ1n) is 11.6. The molecule has 6 heteroatoms. The van der Waals surface area contributed by atoms with Crippen LogP contribution in [0.25, 0.3) is 11.4 Å². The fourth-order valence-corrected chi connectivity index (χ4v) is 4.67. The molecule has 6 nitrogen and oxygen atoms in total. The molecule has 2 aromatic carbocycles. The number of likely N-dealkylation sites (tertiary alicyclic amines) is 1. The summed E-state index contributed by atoms with van der Waals surface area (Å²) in [6.45, 7) is 6.40. The fraction of sp³-hybridized carbons (Fsp3) is 0.333. The van der Waals surface area contributed by atoms with Crippen LogP contribution < -0.4 is 4.90 Å². The van der Waals surface area contributed by atoms with E-state index in [9.17, 15) is 9.59 Å². The lowest BCUT2D eigenvalue weighted by atomic mass is 9.97. The van der Waals surface area contributed by atoms with E-state index >= 15 is 0 Å². The van der Waals surface area contributed by atoms with Gasteiger partial charge in [-0.05, 0) is 42.0 Å². The van der Waals surface area contributed by atoms with Gasteiger partial charge in [0.05, 0.1) is 13.0 Å². The van der Waals surface area contributed by atoms with Gasteiger partial charge in [-0.1, -0.05) is 50.2 Å². The smallest absolute Gasteiger partial charge is 0.253 e. The van der Waals surface area contributed by atoms with E-state index in [1.165, 1.54) is 5.56 Å². The van der Waals surface area contributed by atoms with Gasteiger partial charge >= 0.3 is 0 Å². The van der Waals surface area contributed by atoms with Gasteiger partial charge < -0.3 is 4.90 Å². The molecule has 2 aliphatic heterocycles. The van der Waals surface area contributed by atoms with Gasteiger partial charge in [0.2, 0.25) is 5.91 Å². The Morgan fingerprint density at radius 3 is 2.48 bits per heavy atom. The number of nitrogens with zero attached hydrogens (tertiary/aromatic N) is 4. The lowest BCUT2D eigenvalue weighted by molar-refractivity contribution is -0.117. The monoisotopic (exact) mass is 440 g/mol. The Morgan fingerprint density at radius 1 is 1.03 bits per heavy atom. The molecule has 33 heavy (non-hydrogen) atoms. The van der Waals surface area contributed by atoms with E-state index in [1.54, 1.807) is 11.1 Å². The quantitative estimate of drug-likeness (QED) is 0.582. The first-order chi connectivity index (χ1) is 16.0. The van der Waals surface area contributed by atoms with Crippen LogP contribution >= 0.6 is 0 Å². The minimum Gasteiger partial charge on any atom is -0.339 e. The van der Waals surface area contributed by atoms with Crippen LogP contribution in [0.15, 0.2) is 54.7 Å². The molecule has 0 radical (unpaired) electrons. The summed E-state index contributed by atoms with van der Waals surface area (Å²) in [6, 6.07) is 15.8. The van der Waals surface area contributed by atoms with Crippen molar-refractivity contribution in [2.75, 3.05) is 18.0 Å². The molecule has 0 aliphatic carbocycles. The molecule has 2 aliphatic rings. The molecule has 3 aromatic rings. The van der Waals surface area contributed by atoms with Crippen molar-refractivity contribution in [1.82, 2.24) is 14.9 Å². The van der Waals surface area contributed by atoms with Gasteiger partial charge in [0.1, 0.15) is 5.82 Å². The maximum Gasteiger partial charge on any atom is 0.253 e. The third-order valence-electron chi connectivity index (χ3n) is 6.50. The molecule has 0 spiro atoms. The maximum atomic E-state index is 12.8. The summed E-state index contributed by atoms with van der Waals surface area (Å²) in [5, 5.41) is 0. The fourth-order valence-electron chi connectivity index (χ4n) is 4.67. The van der Waals surface area contributed by atoms with Gasteiger partial charge in [0.25, 0.3) is 5.91 Å². The summed E-state index contributed by atoms with van der Waals surface area (Å²) < 4.78 is 0. The van der Waals surface area contributed by atoms with E-state index in [0.717, 1.165) is 42.6 Å². The van der Waals surface area contributed by atoms with Crippen LogP contribution in [-0.2, 0) is 17.8 Å². The van der Waals surface area contributed by atoms with E-state index in [-0.39, 0.29) is 11.8 Å². The van der Waals surface area contributed by atoms with E-state index in [2.05, 4.69) is 24.9 Å². The van der Waals surface area contributed by atoms with Crippen LogP contribution in [-0.4, -0.2) is 39.8 Å². The van der Waals surface area contributed by atoms with Crippen LogP contribution in [0.3, 0.4) is 0 Å². The zero-order chi connectivity index (χ0) is 22.9. The van der Waals surface area contributed by atoms with Crippen molar-refractivity contribution in [2.24, 2.45) is 0 Å². The summed E-state index contributed by atoms with van der Waals surface area (Å²) in [7, 11) is 0. The largest absolute Gasteiger partial charge is 0.339 e. The molecule has 1 aromatic heterocycles. The van der Waals surface area contributed by atoms with Crippen LogP contribution in [0.4, 0.5) is 5.82 Å². The Balaban J connectivity index is 1.39. The van der Waals surface area contributed by atoms with Gasteiger partial charge in [0.15, 0.2) is 5.82 Å². The second kappa shape index (κ2) is 8.77. The van der Waals surface area contributed by atoms with Crippen LogP contribution in [0, 0.1) is 0 Å². The Labute approximate surface area is 194 Å². The average molecular weight is 441 g/mol. The SMILES string of the molecule is CC(C)c1ccccc1-c1ncc2c(n1)N(Cc1ccc(C(=O)N3CCCC3)cc1)C(=O)C2. The number of fused-ring (bicyclic) bond motifs is 1. The average Bonchev–Trinajstić information content (AvgIpc) is 3.47. The van der Waals surface area contributed by atoms with Crippen molar-refractivity contribution in [1.29, 1.82) is 0 Å². The van der Waals surface area contributed by atoms with Crippen LogP contribution in [0.1, 0.15) is 59.7 Å². The summed E-state index contributed by atoms with van der Waals surface area (Å²) in [5.74, 6) is 1.77. The number of carbonyl (C=O) groups excluding carboxylic acids is 2. The lowest BCUT2D eigenvalue weighted by Crippen LogP contribution is -2.28. The molecular weight excluding hydrogens is 412 g/mol. The number of anilines is 1. The van der Waals surface area contributed by atoms with Gasteiger partial charge in [-0.25, -0.2) is 9.97 Å². The molecule has 0 N–H and O–H groups in total. The number of amides is 2. The second-order valence-corrected chi connectivity index (χ2v) is 9.14. The Kier molecular flexibility index (Phi) is 5.67. The number of hydrogen-bond acceptors (Lipinski definition) is 4. The first-order valence-corrected chi connectivity index (χ1v) is 11.6. The lowest BCUT2D eigenvalue weighted by Gasteiger charge is -2.19. The number of aromatic nitrogens is 2. The topological polar surface area (TPSA) is 66.4 Å². The number of benzene rings is 2. The van der Waals surface area contributed by atoms with Crippen molar-refractivity contribution in [3.8, 4) is 11.4 Å². The van der Waals surface area contributed by atoms with Crippen molar-refractivity contribution >= 4 is 17.6 Å². The highest BCUT2D eigenvalue weighted by atomic mass is 16.2. The minimum absolute atomic E-state index is 0.0193. The molecule has 2 amide bonds. The normalized spacial score (nSPS) is 15.4. The van der Waals surface area contributed by atoms with E-state index < -0.39 is 0 Å². The zero-order valence-electron chi connectivity index (χ0n) is 19.1. The molecule has 0 bridgehead atoms. The standard InChI is InChI=1S/C27H28N4O2/c1-18(2)22-7-3-4-8-23(22)25-28-16-21-15-24(32)31(26(21)29-25)17-19-9-11-20(12-10-19)27(33)30-13-5-6-14-30/h3-4,7-12,16,18H,5-6,13-15,17H2,1-2H3. The van der Waals surface area contributed by atoms with Crippen molar-refractivity contribution in [3.63, 3.8) is 0 Å². The van der Waals surface area contributed by atoms with Crippen LogP contribution in [0.5, 0.6) is 0 Å². The summed E-state index contributed by atoms with van der Waals surface area (Å²) in [6.07, 6.45) is 4.25. The molecule has 168 valence electrons. The Hall–Kier alpha value is -3.54. The molecular formula is C27H28N4O2. The summed E-state index contributed by atoms with van der Waals surface area (Å²) >= 11 is 0. The number of rotatable bonds is 5. The molecule has 0 unspecified atom stereocenters. The highest BCUT2D eigenvalue weighted by Crippen LogP contribution is 2.32. The van der Waals surface area contributed by atoms with E-state index in [0.29, 0.717) is 36.1 Å². The highest BCUT2D eigenvalue weighted by Gasteiger charge is 2.30. The molecule has 1 fully saturated rings. The van der Waals surface area contributed by atoms with Crippen molar-refractivity contribution < 1.29 is 9.59 Å². The number of carbonyl (C=O) groups is 2. The van der Waals surface area contributed by atoms with E-state index in [4.69, 9.17) is 4.98 Å². The molecule has 3 heterocycles. The zero-order valence-corrected chi connectivity index (χ0v) is 19.1. The summed E-state index contributed by atoms with van der Waals surface area (Å²) in [5.41, 5.74) is 4.71. The van der Waals surface area contributed by atoms with Gasteiger partial charge in [-0.3, -0.25) is 14.5 Å². The van der Waals surface area contributed by atoms with Gasteiger partial charge in [-0.2, -0.15) is 0 Å². The van der Waals surface area contributed by atoms with Crippen molar-refractivity contribution in [3.05, 3.63) is 77.0 Å². The van der Waals surface area contributed by atoms with Crippen LogP contribution in [0.2, 0.25) is 0 Å². The molecule has 0 saturated carbocycles. The van der Waals surface area contributed by atoms with E-state index in [1.807, 2.05) is 47.4 Å². The van der Waals surface area contributed by atoms with Crippen molar-refractivity contribution in [2.45, 2.75) is 45.6 Å². The van der Waals surface area contributed by atoms with Gasteiger partial charge in [0, 0.05) is 36.0 Å².